The van der Waals surface area contributed by atoms with Crippen molar-refractivity contribution in [2.24, 2.45) is 0 Å². The highest BCUT2D eigenvalue weighted by molar-refractivity contribution is 5.98. The SMILES string of the molecule is C=CCn1c(C)cc(C(=O)COc2cccc(OC)c2)c1C. The third kappa shape index (κ3) is 3.39. The summed E-state index contributed by atoms with van der Waals surface area (Å²) in [6, 6.07) is 9.12. The van der Waals surface area contributed by atoms with Gasteiger partial charge in [-0.1, -0.05) is 12.1 Å². The van der Waals surface area contributed by atoms with Crippen molar-refractivity contribution in [2.75, 3.05) is 13.7 Å². The number of Topliss-reactive ketones (excluding diaryl/α,β-unsaturated/α-hetero) is 1. The van der Waals surface area contributed by atoms with Gasteiger partial charge in [0.15, 0.2) is 6.61 Å². The summed E-state index contributed by atoms with van der Waals surface area (Å²) in [6.07, 6.45) is 1.82. The number of benzene rings is 1. The second-order valence-corrected chi connectivity index (χ2v) is 5.07. The second kappa shape index (κ2) is 6.98. The fourth-order valence-electron chi connectivity index (χ4n) is 2.41. The maximum absolute atomic E-state index is 12.4. The van der Waals surface area contributed by atoms with E-state index in [1.807, 2.05) is 38.1 Å². The van der Waals surface area contributed by atoms with Gasteiger partial charge in [-0.15, -0.1) is 6.58 Å². The second-order valence-electron chi connectivity index (χ2n) is 5.07. The van der Waals surface area contributed by atoms with Gasteiger partial charge in [-0.25, -0.2) is 0 Å². The van der Waals surface area contributed by atoms with Crippen molar-refractivity contribution in [1.29, 1.82) is 0 Å². The Hall–Kier alpha value is -2.49. The van der Waals surface area contributed by atoms with Gasteiger partial charge in [0.2, 0.25) is 5.78 Å². The lowest BCUT2D eigenvalue weighted by Gasteiger charge is -2.08. The van der Waals surface area contributed by atoms with E-state index in [0.29, 0.717) is 23.6 Å². The van der Waals surface area contributed by atoms with E-state index in [1.54, 1.807) is 19.2 Å². The molecule has 0 unspecified atom stereocenters. The number of aromatic nitrogens is 1. The number of ketones is 1. The fourth-order valence-corrected chi connectivity index (χ4v) is 2.41. The van der Waals surface area contributed by atoms with Gasteiger partial charge in [-0.3, -0.25) is 4.79 Å². The molecule has 0 bridgehead atoms. The van der Waals surface area contributed by atoms with Gasteiger partial charge in [-0.05, 0) is 32.0 Å². The normalized spacial score (nSPS) is 10.3. The van der Waals surface area contributed by atoms with E-state index in [0.717, 1.165) is 11.4 Å². The molecule has 22 heavy (non-hydrogen) atoms. The van der Waals surface area contributed by atoms with Crippen molar-refractivity contribution in [1.82, 2.24) is 4.57 Å². The van der Waals surface area contributed by atoms with Crippen molar-refractivity contribution in [3.05, 3.63) is 59.9 Å². The van der Waals surface area contributed by atoms with Gasteiger partial charge >= 0.3 is 0 Å². The fraction of sp³-hybridized carbons (Fsp3) is 0.278. The lowest BCUT2D eigenvalue weighted by Crippen LogP contribution is -2.13. The number of hydrogen-bond donors (Lipinski definition) is 0. The smallest absolute Gasteiger partial charge is 0.202 e. The third-order valence-electron chi connectivity index (χ3n) is 3.60. The van der Waals surface area contributed by atoms with Crippen molar-refractivity contribution >= 4 is 5.78 Å². The zero-order valence-electron chi connectivity index (χ0n) is 13.3. The van der Waals surface area contributed by atoms with E-state index in [9.17, 15) is 4.79 Å². The predicted molar refractivity (Wildman–Crippen MR) is 86.9 cm³/mol. The number of ether oxygens (including phenoxy) is 2. The van der Waals surface area contributed by atoms with Gasteiger partial charge in [-0.2, -0.15) is 0 Å². The van der Waals surface area contributed by atoms with Crippen LogP contribution in [0.25, 0.3) is 0 Å². The molecule has 0 aliphatic rings. The molecular formula is C18H21NO3. The Balaban J connectivity index is 2.09. The molecule has 1 heterocycles. The Morgan fingerprint density at radius 2 is 2.00 bits per heavy atom. The first-order valence-electron chi connectivity index (χ1n) is 7.14. The molecule has 0 atom stereocenters. The first-order valence-corrected chi connectivity index (χ1v) is 7.14. The Morgan fingerprint density at radius 1 is 1.27 bits per heavy atom. The van der Waals surface area contributed by atoms with Crippen LogP contribution in [-0.2, 0) is 6.54 Å². The van der Waals surface area contributed by atoms with Crippen LogP contribution in [0.1, 0.15) is 21.7 Å². The Kier molecular flexibility index (Phi) is 5.04. The molecule has 0 N–H and O–H groups in total. The maximum atomic E-state index is 12.4. The van der Waals surface area contributed by atoms with E-state index >= 15 is 0 Å². The molecule has 0 radical (unpaired) electrons. The molecule has 0 saturated heterocycles. The topological polar surface area (TPSA) is 40.5 Å². The van der Waals surface area contributed by atoms with Crippen LogP contribution in [0.2, 0.25) is 0 Å². The van der Waals surface area contributed by atoms with E-state index in [4.69, 9.17) is 9.47 Å². The molecule has 1 aromatic heterocycles. The maximum Gasteiger partial charge on any atom is 0.202 e. The summed E-state index contributed by atoms with van der Waals surface area (Å²) in [4.78, 5) is 12.4. The molecule has 2 aromatic rings. The summed E-state index contributed by atoms with van der Waals surface area (Å²) in [5, 5.41) is 0. The van der Waals surface area contributed by atoms with Crippen molar-refractivity contribution in [2.45, 2.75) is 20.4 Å². The van der Waals surface area contributed by atoms with Gasteiger partial charge in [0, 0.05) is 29.6 Å². The first-order chi connectivity index (χ1) is 10.6. The highest BCUT2D eigenvalue weighted by Gasteiger charge is 2.15. The van der Waals surface area contributed by atoms with Crippen LogP contribution in [-0.4, -0.2) is 24.1 Å². The average Bonchev–Trinajstić information content (AvgIpc) is 2.81. The highest BCUT2D eigenvalue weighted by atomic mass is 16.5. The van der Waals surface area contributed by atoms with Crippen molar-refractivity contribution in [3.63, 3.8) is 0 Å². The summed E-state index contributed by atoms with van der Waals surface area (Å²) in [6.45, 7) is 8.37. The third-order valence-corrected chi connectivity index (χ3v) is 3.60. The molecule has 2 rings (SSSR count). The molecule has 0 spiro atoms. The summed E-state index contributed by atoms with van der Waals surface area (Å²) in [5.41, 5.74) is 2.68. The predicted octanol–water partition coefficient (Wildman–Crippen LogP) is 3.56. The van der Waals surface area contributed by atoms with Gasteiger partial charge < -0.3 is 14.0 Å². The standard InChI is InChI=1S/C18H21NO3/c1-5-9-19-13(2)10-17(14(19)3)18(20)12-22-16-8-6-7-15(11-16)21-4/h5-8,10-11H,1,9,12H2,2-4H3. The van der Waals surface area contributed by atoms with Crippen LogP contribution in [0, 0.1) is 13.8 Å². The van der Waals surface area contributed by atoms with Crippen molar-refractivity contribution < 1.29 is 14.3 Å². The number of hydrogen-bond acceptors (Lipinski definition) is 3. The van der Waals surface area contributed by atoms with Gasteiger partial charge in [0.1, 0.15) is 11.5 Å². The molecule has 4 nitrogen and oxygen atoms in total. The summed E-state index contributed by atoms with van der Waals surface area (Å²) >= 11 is 0. The van der Waals surface area contributed by atoms with Crippen LogP contribution in [0.15, 0.2) is 43.0 Å². The number of allylic oxidation sites excluding steroid dienone is 1. The highest BCUT2D eigenvalue weighted by Crippen LogP contribution is 2.20. The van der Waals surface area contributed by atoms with Crippen molar-refractivity contribution in [3.8, 4) is 11.5 Å². The lowest BCUT2D eigenvalue weighted by molar-refractivity contribution is 0.0920. The number of nitrogens with zero attached hydrogens (tertiary/aromatic N) is 1. The van der Waals surface area contributed by atoms with Crippen LogP contribution in [0.4, 0.5) is 0 Å². The molecule has 0 amide bonds. The minimum absolute atomic E-state index is 0.00551. The molecule has 4 heteroatoms. The summed E-state index contributed by atoms with van der Waals surface area (Å²) in [7, 11) is 1.60. The summed E-state index contributed by atoms with van der Waals surface area (Å²) < 4.78 is 12.8. The van der Waals surface area contributed by atoms with Crippen LogP contribution in [0.3, 0.4) is 0 Å². The molecule has 0 fully saturated rings. The number of aryl methyl sites for hydroxylation is 1. The first kappa shape index (κ1) is 15.9. The largest absolute Gasteiger partial charge is 0.497 e. The Bertz CT molecular complexity index is 686. The Morgan fingerprint density at radius 3 is 2.68 bits per heavy atom. The zero-order chi connectivity index (χ0) is 16.1. The average molecular weight is 299 g/mol. The van der Waals surface area contributed by atoms with E-state index in [1.165, 1.54) is 0 Å². The molecule has 116 valence electrons. The van der Waals surface area contributed by atoms with E-state index in [-0.39, 0.29) is 12.4 Å². The van der Waals surface area contributed by atoms with Crippen LogP contribution < -0.4 is 9.47 Å². The number of rotatable bonds is 7. The lowest BCUT2D eigenvalue weighted by atomic mass is 10.1. The van der Waals surface area contributed by atoms with E-state index < -0.39 is 0 Å². The summed E-state index contributed by atoms with van der Waals surface area (Å²) in [5.74, 6) is 1.29. The number of carbonyl (C=O) groups is 1. The van der Waals surface area contributed by atoms with Gasteiger partial charge in [0.25, 0.3) is 0 Å². The van der Waals surface area contributed by atoms with Crippen LogP contribution in [0.5, 0.6) is 11.5 Å². The molecular weight excluding hydrogens is 278 g/mol. The minimum atomic E-state index is -0.0359. The molecule has 0 saturated carbocycles. The Labute approximate surface area is 131 Å². The minimum Gasteiger partial charge on any atom is -0.497 e. The quantitative estimate of drug-likeness (QED) is 0.580. The monoisotopic (exact) mass is 299 g/mol. The molecule has 0 aliphatic heterocycles. The zero-order valence-corrected chi connectivity index (χ0v) is 13.3. The number of carbonyl (C=O) groups excluding carboxylic acids is 1. The molecule has 0 aliphatic carbocycles. The number of methoxy groups -OCH3 is 1. The molecule has 1 aromatic carbocycles. The van der Waals surface area contributed by atoms with E-state index in [2.05, 4.69) is 11.1 Å². The van der Waals surface area contributed by atoms with Gasteiger partial charge in [0.05, 0.1) is 7.11 Å². The van der Waals surface area contributed by atoms with Crippen LogP contribution >= 0.6 is 0 Å².